The Labute approximate surface area is 92.5 Å². The fraction of sp³-hybridized carbons (Fsp3) is 1.00. The van der Waals surface area contributed by atoms with E-state index in [4.69, 9.17) is 9.47 Å². The standard InChI is InChI=1S/C12H23NO2/c1-10(11-4-2-3-5-11)13-8-12-6-7-14-9-15-12/h10-13H,2-9H2,1H3. The molecule has 2 rings (SSSR count). The van der Waals surface area contributed by atoms with Crippen molar-refractivity contribution in [3.8, 4) is 0 Å². The minimum atomic E-state index is 0.364. The van der Waals surface area contributed by atoms with Crippen LogP contribution < -0.4 is 5.32 Å². The summed E-state index contributed by atoms with van der Waals surface area (Å²) in [5, 5.41) is 3.61. The summed E-state index contributed by atoms with van der Waals surface area (Å²) in [6, 6.07) is 0.652. The summed E-state index contributed by atoms with van der Waals surface area (Å²) in [5.74, 6) is 0.893. The highest BCUT2D eigenvalue weighted by atomic mass is 16.7. The van der Waals surface area contributed by atoms with E-state index in [2.05, 4.69) is 12.2 Å². The van der Waals surface area contributed by atoms with E-state index in [0.29, 0.717) is 18.9 Å². The molecule has 0 aromatic carbocycles. The van der Waals surface area contributed by atoms with Crippen LogP contribution in [0.2, 0.25) is 0 Å². The Balaban J connectivity index is 1.63. The molecule has 3 heteroatoms. The van der Waals surface area contributed by atoms with Crippen molar-refractivity contribution in [2.75, 3.05) is 19.9 Å². The van der Waals surface area contributed by atoms with Gasteiger partial charge in [-0.25, -0.2) is 0 Å². The molecule has 2 atom stereocenters. The van der Waals surface area contributed by atoms with Crippen molar-refractivity contribution in [2.24, 2.45) is 5.92 Å². The van der Waals surface area contributed by atoms with E-state index in [1.165, 1.54) is 25.7 Å². The molecule has 2 fully saturated rings. The highest BCUT2D eigenvalue weighted by Gasteiger charge is 2.22. The van der Waals surface area contributed by atoms with Gasteiger partial charge in [0.1, 0.15) is 6.79 Å². The zero-order valence-electron chi connectivity index (χ0n) is 9.71. The number of hydrogen-bond donors (Lipinski definition) is 1. The molecule has 2 unspecified atom stereocenters. The van der Waals surface area contributed by atoms with E-state index in [1.54, 1.807) is 0 Å². The molecule has 88 valence electrons. The summed E-state index contributed by atoms with van der Waals surface area (Å²) in [4.78, 5) is 0. The molecule has 1 saturated heterocycles. The van der Waals surface area contributed by atoms with Gasteiger partial charge in [0, 0.05) is 12.6 Å². The third kappa shape index (κ3) is 3.44. The van der Waals surface area contributed by atoms with Crippen LogP contribution in [0, 0.1) is 5.92 Å². The highest BCUT2D eigenvalue weighted by Crippen LogP contribution is 2.27. The molecular formula is C12H23NO2. The molecule has 0 aromatic heterocycles. The van der Waals surface area contributed by atoms with Crippen LogP contribution in [-0.2, 0) is 9.47 Å². The molecule has 2 aliphatic rings. The molecule has 15 heavy (non-hydrogen) atoms. The summed E-state index contributed by atoms with van der Waals surface area (Å²) in [6.07, 6.45) is 7.05. The van der Waals surface area contributed by atoms with Gasteiger partial charge in [0.15, 0.2) is 0 Å². The van der Waals surface area contributed by atoms with Gasteiger partial charge in [-0.15, -0.1) is 0 Å². The second kappa shape index (κ2) is 5.83. The van der Waals surface area contributed by atoms with Crippen LogP contribution in [-0.4, -0.2) is 32.1 Å². The predicted molar refractivity (Wildman–Crippen MR) is 59.7 cm³/mol. The van der Waals surface area contributed by atoms with Crippen LogP contribution in [0.15, 0.2) is 0 Å². The van der Waals surface area contributed by atoms with E-state index in [1.807, 2.05) is 0 Å². The Morgan fingerprint density at radius 3 is 2.73 bits per heavy atom. The maximum atomic E-state index is 5.51. The summed E-state index contributed by atoms with van der Waals surface area (Å²) < 4.78 is 10.7. The fourth-order valence-electron chi connectivity index (χ4n) is 2.60. The van der Waals surface area contributed by atoms with Crippen LogP contribution in [0.25, 0.3) is 0 Å². The van der Waals surface area contributed by atoms with Crippen LogP contribution in [0.5, 0.6) is 0 Å². The van der Waals surface area contributed by atoms with E-state index < -0.39 is 0 Å². The molecule has 3 nitrogen and oxygen atoms in total. The van der Waals surface area contributed by atoms with Gasteiger partial charge in [-0.1, -0.05) is 12.8 Å². The first-order valence-electron chi connectivity index (χ1n) is 6.29. The predicted octanol–water partition coefficient (Wildman–Crippen LogP) is 1.92. The van der Waals surface area contributed by atoms with Gasteiger partial charge in [-0.2, -0.15) is 0 Å². The zero-order valence-corrected chi connectivity index (χ0v) is 9.71. The van der Waals surface area contributed by atoms with Crippen LogP contribution >= 0.6 is 0 Å². The van der Waals surface area contributed by atoms with E-state index in [-0.39, 0.29) is 0 Å². The van der Waals surface area contributed by atoms with E-state index in [0.717, 1.165) is 25.5 Å². The summed E-state index contributed by atoms with van der Waals surface area (Å²) in [7, 11) is 0. The number of ether oxygens (including phenoxy) is 2. The Morgan fingerprint density at radius 2 is 2.07 bits per heavy atom. The first kappa shape index (κ1) is 11.4. The Bertz CT molecular complexity index is 174. The quantitative estimate of drug-likeness (QED) is 0.774. The smallest absolute Gasteiger partial charge is 0.147 e. The molecule has 1 saturated carbocycles. The Morgan fingerprint density at radius 1 is 1.27 bits per heavy atom. The van der Waals surface area contributed by atoms with Crippen molar-refractivity contribution < 1.29 is 9.47 Å². The normalized spacial score (nSPS) is 30.6. The number of rotatable bonds is 4. The lowest BCUT2D eigenvalue weighted by Gasteiger charge is -2.26. The molecule has 0 aromatic rings. The summed E-state index contributed by atoms with van der Waals surface area (Å²) >= 11 is 0. The second-order valence-electron chi connectivity index (χ2n) is 4.84. The van der Waals surface area contributed by atoms with Crippen LogP contribution in [0.3, 0.4) is 0 Å². The van der Waals surface area contributed by atoms with Gasteiger partial charge in [0.25, 0.3) is 0 Å². The third-order valence-electron chi connectivity index (χ3n) is 3.75. The molecule has 1 N–H and O–H groups in total. The lowest BCUT2D eigenvalue weighted by atomic mass is 9.99. The molecule has 0 amide bonds. The third-order valence-corrected chi connectivity index (χ3v) is 3.75. The molecule has 0 spiro atoms. The molecule has 0 bridgehead atoms. The molecular weight excluding hydrogens is 190 g/mol. The summed E-state index contributed by atoms with van der Waals surface area (Å²) in [5.41, 5.74) is 0. The van der Waals surface area contributed by atoms with Crippen molar-refractivity contribution in [2.45, 2.75) is 51.2 Å². The topological polar surface area (TPSA) is 30.5 Å². The maximum absolute atomic E-state index is 5.51. The largest absolute Gasteiger partial charge is 0.355 e. The van der Waals surface area contributed by atoms with Gasteiger partial charge in [-0.05, 0) is 32.1 Å². The first-order chi connectivity index (χ1) is 7.36. The molecule has 1 aliphatic carbocycles. The van der Waals surface area contributed by atoms with E-state index in [9.17, 15) is 0 Å². The molecule has 0 radical (unpaired) electrons. The number of nitrogens with one attached hydrogen (secondary N) is 1. The fourth-order valence-corrected chi connectivity index (χ4v) is 2.60. The van der Waals surface area contributed by atoms with Crippen molar-refractivity contribution in [3.05, 3.63) is 0 Å². The van der Waals surface area contributed by atoms with Crippen LogP contribution in [0.1, 0.15) is 39.0 Å². The van der Waals surface area contributed by atoms with Gasteiger partial charge in [0.2, 0.25) is 0 Å². The Hall–Kier alpha value is -0.120. The van der Waals surface area contributed by atoms with Crippen molar-refractivity contribution in [1.29, 1.82) is 0 Å². The van der Waals surface area contributed by atoms with Gasteiger partial charge in [-0.3, -0.25) is 0 Å². The average molecular weight is 213 g/mol. The van der Waals surface area contributed by atoms with Gasteiger partial charge in [0.05, 0.1) is 12.7 Å². The lowest BCUT2D eigenvalue weighted by molar-refractivity contribution is -0.137. The van der Waals surface area contributed by atoms with Crippen molar-refractivity contribution in [3.63, 3.8) is 0 Å². The minimum absolute atomic E-state index is 0.364. The monoisotopic (exact) mass is 213 g/mol. The first-order valence-corrected chi connectivity index (χ1v) is 6.29. The van der Waals surface area contributed by atoms with Crippen LogP contribution in [0.4, 0.5) is 0 Å². The minimum Gasteiger partial charge on any atom is -0.355 e. The van der Waals surface area contributed by atoms with E-state index >= 15 is 0 Å². The van der Waals surface area contributed by atoms with Crippen molar-refractivity contribution >= 4 is 0 Å². The Kier molecular flexibility index (Phi) is 4.42. The maximum Gasteiger partial charge on any atom is 0.147 e. The van der Waals surface area contributed by atoms with Gasteiger partial charge >= 0.3 is 0 Å². The zero-order chi connectivity index (χ0) is 10.5. The second-order valence-corrected chi connectivity index (χ2v) is 4.84. The SMILES string of the molecule is CC(NCC1CCOCO1)C1CCCC1. The highest BCUT2D eigenvalue weighted by molar-refractivity contribution is 4.78. The van der Waals surface area contributed by atoms with Crippen molar-refractivity contribution in [1.82, 2.24) is 5.32 Å². The average Bonchev–Trinajstić information content (AvgIpc) is 2.81. The molecule has 1 aliphatic heterocycles. The molecule has 1 heterocycles. The number of hydrogen-bond acceptors (Lipinski definition) is 3. The van der Waals surface area contributed by atoms with Gasteiger partial charge < -0.3 is 14.8 Å². The lowest BCUT2D eigenvalue weighted by Crippen LogP contribution is -2.40. The summed E-state index contributed by atoms with van der Waals surface area (Å²) in [6.45, 7) is 4.63.